The average molecular weight is 561 g/mol. The molecule has 0 spiro atoms. The number of hydrogen-bond acceptors (Lipinski definition) is 8. The van der Waals surface area contributed by atoms with Crippen molar-refractivity contribution in [1.82, 2.24) is 29.9 Å². The molecule has 3 N–H and O–H groups in total. The van der Waals surface area contributed by atoms with Crippen LogP contribution in [0.2, 0.25) is 0 Å². The maximum absolute atomic E-state index is 13.1. The Balaban J connectivity index is 1.31. The van der Waals surface area contributed by atoms with Gasteiger partial charge in [-0.2, -0.15) is 0 Å². The van der Waals surface area contributed by atoms with Gasteiger partial charge in [-0.05, 0) is 37.5 Å². The van der Waals surface area contributed by atoms with Crippen LogP contribution in [0.25, 0.3) is 16.7 Å². The largest absolute Gasteiger partial charge is 0.487 e. The van der Waals surface area contributed by atoms with Crippen molar-refractivity contribution < 1.29 is 18.3 Å². The van der Waals surface area contributed by atoms with E-state index in [1.54, 1.807) is 6.08 Å². The molecular weight excluding hydrogens is 534 g/mol. The number of allylic oxidation sites excluding steroid dienone is 3. The van der Waals surface area contributed by atoms with Crippen LogP contribution in [0.3, 0.4) is 0 Å². The standard InChI is InChI=1S/C28H26F2N8O3/c1-3-4-5-17-9-19(8-16(17)2)34-28-31-12-20(13-32-28)38-14-18(6-7-26(38)39)33-27(40)21-10-22-23(36-37-35-22)11-24(21)41-15-25(29)30/h3-7,10-14,19,25H,1,8-9,15H2,2H3,(H,33,40)(H,31,32,34)(H,35,36,37)/b5-4-. The van der Waals surface area contributed by atoms with E-state index in [0.717, 1.165) is 12.8 Å². The molecule has 1 aromatic carbocycles. The Kier molecular flexibility index (Phi) is 7.94. The fourth-order valence-electron chi connectivity index (χ4n) is 4.50. The van der Waals surface area contributed by atoms with E-state index in [1.165, 1.54) is 58.6 Å². The molecule has 13 heteroatoms. The highest BCUT2D eigenvalue weighted by atomic mass is 19.3. The number of halogens is 2. The van der Waals surface area contributed by atoms with E-state index in [1.807, 2.05) is 6.08 Å². The molecule has 5 rings (SSSR count). The SMILES string of the molecule is C=C/C=C\C1=C(C)CC(Nc2ncc(-n3cc(NC(=O)c4cc5nn[nH]c5cc4OCC(F)F)ccc3=O)cn2)C1. The van der Waals surface area contributed by atoms with Crippen LogP contribution in [0.15, 0.2) is 83.6 Å². The summed E-state index contributed by atoms with van der Waals surface area (Å²) in [6, 6.07) is 5.61. The van der Waals surface area contributed by atoms with Gasteiger partial charge in [0.2, 0.25) is 5.95 Å². The number of carbonyl (C=O) groups excluding carboxylic acids is 1. The zero-order valence-corrected chi connectivity index (χ0v) is 22.0. The number of hydrogen-bond donors (Lipinski definition) is 3. The summed E-state index contributed by atoms with van der Waals surface area (Å²) < 4.78 is 32.0. The molecule has 41 heavy (non-hydrogen) atoms. The molecule has 0 saturated heterocycles. The Morgan fingerprint density at radius 3 is 2.83 bits per heavy atom. The van der Waals surface area contributed by atoms with Gasteiger partial charge in [0, 0.05) is 24.4 Å². The smallest absolute Gasteiger partial charge is 0.272 e. The lowest BCUT2D eigenvalue weighted by Gasteiger charge is -2.14. The van der Waals surface area contributed by atoms with Crippen LogP contribution < -0.4 is 20.9 Å². The van der Waals surface area contributed by atoms with Crippen LogP contribution in [0, 0.1) is 0 Å². The monoisotopic (exact) mass is 560 g/mol. The third kappa shape index (κ3) is 6.35. The summed E-state index contributed by atoms with van der Waals surface area (Å²) in [6.07, 6.45) is 9.10. The van der Waals surface area contributed by atoms with Gasteiger partial charge in [-0.25, -0.2) is 18.7 Å². The Bertz CT molecular complexity index is 1710. The van der Waals surface area contributed by atoms with Crippen LogP contribution in [0.5, 0.6) is 5.75 Å². The fraction of sp³-hybridized carbons (Fsp3) is 0.214. The lowest BCUT2D eigenvalue weighted by atomic mass is 10.1. The molecule has 3 aromatic heterocycles. The van der Waals surface area contributed by atoms with Crippen molar-refractivity contribution in [2.75, 3.05) is 17.2 Å². The number of rotatable bonds is 10. The van der Waals surface area contributed by atoms with E-state index >= 15 is 0 Å². The molecule has 210 valence electrons. The summed E-state index contributed by atoms with van der Waals surface area (Å²) in [5.74, 6) is -0.289. The summed E-state index contributed by atoms with van der Waals surface area (Å²) in [5, 5.41) is 16.1. The van der Waals surface area contributed by atoms with E-state index < -0.39 is 18.9 Å². The lowest BCUT2D eigenvalue weighted by Crippen LogP contribution is -2.21. The van der Waals surface area contributed by atoms with E-state index in [9.17, 15) is 18.4 Å². The normalized spacial score (nSPS) is 15.2. The second-order valence-corrected chi connectivity index (χ2v) is 9.37. The van der Waals surface area contributed by atoms with Gasteiger partial charge in [0.15, 0.2) is 0 Å². The first-order valence-electron chi connectivity index (χ1n) is 12.7. The molecule has 3 heterocycles. The quantitative estimate of drug-likeness (QED) is 0.242. The molecule has 0 bridgehead atoms. The molecule has 0 saturated carbocycles. The molecule has 4 aromatic rings. The van der Waals surface area contributed by atoms with E-state index in [2.05, 4.69) is 55.6 Å². The second kappa shape index (κ2) is 11.9. The van der Waals surface area contributed by atoms with Crippen molar-refractivity contribution in [3.8, 4) is 11.4 Å². The van der Waals surface area contributed by atoms with Crippen molar-refractivity contribution in [2.24, 2.45) is 0 Å². The van der Waals surface area contributed by atoms with E-state index in [4.69, 9.17) is 4.74 Å². The highest BCUT2D eigenvalue weighted by Crippen LogP contribution is 2.29. The summed E-state index contributed by atoms with van der Waals surface area (Å²) >= 11 is 0. The second-order valence-electron chi connectivity index (χ2n) is 9.37. The van der Waals surface area contributed by atoms with Crippen LogP contribution in [0.4, 0.5) is 20.4 Å². The predicted molar refractivity (Wildman–Crippen MR) is 150 cm³/mol. The number of amides is 1. The number of benzene rings is 1. The maximum atomic E-state index is 13.1. The summed E-state index contributed by atoms with van der Waals surface area (Å²) in [6.45, 7) is 4.90. The van der Waals surface area contributed by atoms with Crippen LogP contribution in [-0.2, 0) is 0 Å². The zero-order chi connectivity index (χ0) is 28.9. The first-order chi connectivity index (χ1) is 19.8. The number of alkyl halides is 2. The number of carbonyl (C=O) groups is 1. The minimum absolute atomic E-state index is 0.0247. The van der Waals surface area contributed by atoms with Gasteiger partial charge >= 0.3 is 0 Å². The molecule has 1 aliphatic rings. The van der Waals surface area contributed by atoms with Crippen molar-refractivity contribution in [2.45, 2.75) is 32.2 Å². The highest BCUT2D eigenvalue weighted by molar-refractivity contribution is 6.08. The lowest BCUT2D eigenvalue weighted by molar-refractivity contribution is 0.0804. The average Bonchev–Trinajstić information content (AvgIpc) is 3.56. The highest BCUT2D eigenvalue weighted by Gasteiger charge is 2.21. The number of pyridine rings is 1. The molecule has 1 unspecified atom stereocenters. The third-order valence-corrected chi connectivity index (χ3v) is 6.45. The zero-order valence-electron chi connectivity index (χ0n) is 22.0. The Labute approximate surface area is 232 Å². The third-order valence-electron chi connectivity index (χ3n) is 6.45. The van der Waals surface area contributed by atoms with Gasteiger partial charge in [-0.3, -0.25) is 19.3 Å². The van der Waals surface area contributed by atoms with Gasteiger partial charge < -0.3 is 15.4 Å². The number of H-pyrrole nitrogens is 1. The van der Waals surface area contributed by atoms with E-state index in [0.29, 0.717) is 22.7 Å². The number of ether oxygens (including phenoxy) is 1. The first kappa shape index (κ1) is 27.4. The van der Waals surface area contributed by atoms with Gasteiger partial charge in [0.25, 0.3) is 17.9 Å². The number of nitrogens with zero attached hydrogens (tertiary/aromatic N) is 5. The van der Waals surface area contributed by atoms with Crippen molar-refractivity contribution in [3.63, 3.8) is 0 Å². The van der Waals surface area contributed by atoms with Crippen LogP contribution in [-0.4, -0.2) is 54.9 Å². The van der Waals surface area contributed by atoms with Crippen LogP contribution >= 0.6 is 0 Å². The summed E-state index contributed by atoms with van der Waals surface area (Å²) in [4.78, 5) is 34.5. The van der Waals surface area contributed by atoms with Crippen molar-refractivity contribution in [3.05, 3.63) is 94.7 Å². The van der Waals surface area contributed by atoms with Gasteiger partial charge in [0.05, 0.1) is 34.8 Å². The Hall–Kier alpha value is -5.20. The number of fused-ring (bicyclic) bond motifs is 1. The van der Waals surface area contributed by atoms with Crippen molar-refractivity contribution in [1.29, 1.82) is 0 Å². The molecule has 1 aliphatic carbocycles. The molecule has 11 nitrogen and oxygen atoms in total. The van der Waals surface area contributed by atoms with E-state index in [-0.39, 0.29) is 28.6 Å². The minimum Gasteiger partial charge on any atom is -0.487 e. The Morgan fingerprint density at radius 2 is 2.07 bits per heavy atom. The fourth-order valence-corrected chi connectivity index (χ4v) is 4.50. The first-order valence-corrected chi connectivity index (χ1v) is 12.7. The maximum Gasteiger partial charge on any atom is 0.272 e. The van der Waals surface area contributed by atoms with Gasteiger partial charge in [0.1, 0.15) is 17.9 Å². The summed E-state index contributed by atoms with van der Waals surface area (Å²) in [7, 11) is 0. The number of nitrogens with one attached hydrogen (secondary N) is 3. The topological polar surface area (TPSA) is 140 Å². The molecule has 1 amide bonds. The van der Waals surface area contributed by atoms with Gasteiger partial charge in [-0.1, -0.05) is 35.6 Å². The molecule has 0 radical (unpaired) electrons. The molecule has 0 aliphatic heterocycles. The molecular formula is C28H26F2N8O3. The predicted octanol–water partition coefficient (Wildman–Crippen LogP) is 4.43. The molecule has 1 atom stereocenters. The minimum atomic E-state index is -2.73. The van der Waals surface area contributed by atoms with Crippen LogP contribution in [0.1, 0.15) is 30.1 Å². The van der Waals surface area contributed by atoms with Gasteiger partial charge in [-0.15, -0.1) is 5.10 Å². The van der Waals surface area contributed by atoms with Crippen molar-refractivity contribution >= 4 is 28.6 Å². The number of aromatic nitrogens is 6. The Morgan fingerprint density at radius 1 is 1.27 bits per heavy atom. The summed E-state index contributed by atoms with van der Waals surface area (Å²) in [5.41, 5.74) is 3.57. The number of anilines is 2. The number of aromatic amines is 1. The molecule has 0 fully saturated rings.